The Kier molecular flexibility index (Phi) is 24.1. The van der Waals surface area contributed by atoms with E-state index < -0.39 is 11.2 Å². The van der Waals surface area contributed by atoms with Gasteiger partial charge in [-0.25, -0.2) is 9.79 Å². The molecule has 2 aromatic carbocycles. The van der Waals surface area contributed by atoms with Crippen LogP contribution in [0.5, 0.6) is 11.5 Å². The third-order valence-electron chi connectivity index (χ3n) is 17.7. The molecule has 1 saturated carbocycles. The fourth-order valence-electron chi connectivity index (χ4n) is 12.0. The molecule has 0 bridgehead atoms. The molecule has 2 unspecified atom stereocenters. The highest BCUT2D eigenvalue weighted by molar-refractivity contribution is 6.32. The average molecular weight is 1310 g/mol. The van der Waals surface area contributed by atoms with Crippen LogP contribution in [-0.2, 0) is 64.6 Å². The zero-order valence-corrected chi connectivity index (χ0v) is 55.6. The van der Waals surface area contributed by atoms with E-state index in [9.17, 15) is 24.0 Å². The van der Waals surface area contributed by atoms with E-state index in [1.807, 2.05) is 67.3 Å². The van der Waals surface area contributed by atoms with Gasteiger partial charge in [-0.2, -0.15) is 4.98 Å². The SMILES string of the molecule is CC#CCn1c(N2CCC[C@H](NC(=O)CCOCCOCCOCCOCCOCCOCCN(C)C(=O)CCc3cc(Cl)c(Oc4ccncc4C(=O)N4CCN(C5CC5)c5ccccc54)cc3C)C2)nc2c1c(=O)n(CC1=NC(C)C3(C)C=CC=CC3=N1)c(=O)n2C. The van der Waals surface area contributed by atoms with Crippen molar-refractivity contribution in [2.24, 2.45) is 22.4 Å². The molecule has 0 spiro atoms. The number of imidazole rings is 1. The Hall–Kier alpha value is -8.02. The number of rotatable bonds is 33. The Labute approximate surface area is 553 Å². The number of halogens is 1. The molecule has 5 aliphatic rings. The number of likely N-dealkylation sites (N-methyl/N-ethyl adjacent to an activating group) is 1. The monoisotopic (exact) mass is 1310 g/mol. The van der Waals surface area contributed by atoms with Gasteiger partial charge >= 0.3 is 5.69 Å². The number of amidine groups is 1. The predicted octanol–water partition coefficient (Wildman–Crippen LogP) is 6.74. The molecule has 3 aliphatic heterocycles. The molecule has 3 atom stereocenters. The van der Waals surface area contributed by atoms with E-state index in [4.69, 9.17) is 59.7 Å². The highest BCUT2D eigenvalue weighted by Crippen LogP contribution is 2.42. The number of nitrogens with zero attached hydrogens (tertiary/aromatic N) is 11. The average Bonchev–Trinajstić information content (AvgIpc) is 1.51. The molecule has 502 valence electrons. The third-order valence-corrected chi connectivity index (χ3v) is 17.9. The van der Waals surface area contributed by atoms with Gasteiger partial charge < -0.3 is 58.1 Å². The minimum absolute atomic E-state index is 0.0168. The molecule has 10 rings (SSSR count). The largest absolute Gasteiger partial charge is 0.455 e. The molecule has 0 radical (unpaired) electrons. The molecule has 25 heteroatoms. The van der Waals surface area contributed by atoms with E-state index in [0.717, 1.165) is 47.6 Å². The number of nitrogens with one attached hydrogen (secondary N) is 1. The number of piperidine rings is 1. The fourth-order valence-corrected chi connectivity index (χ4v) is 12.2. The smallest absolute Gasteiger partial charge is 0.332 e. The summed E-state index contributed by atoms with van der Waals surface area (Å²) in [5.74, 6) is 7.36. The van der Waals surface area contributed by atoms with Gasteiger partial charge in [-0.1, -0.05) is 47.9 Å². The van der Waals surface area contributed by atoms with Gasteiger partial charge in [-0.05, 0) is 107 Å². The summed E-state index contributed by atoms with van der Waals surface area (Å²) in [6, 6.07) is 13.6. The van der Waals surface area contributed by atoms with Crippen molar-refractivity contribution < 1.29 is 47.5 Å². The number of hydrogen-bond donors (Lipinski definition) is 1. The standard InChI is InChI=1S/C69H87ClN12O12/c1-7-8-27-81-63-64(77(6)68(87)82(66(63)86)47-60-72-49(3)69(4)24-12-11-17-59(69)74-60)75-67(81)78-26-13-14-51(46-78)73-61(83)23-31-88-33-35-90-37-39-92-41-42-93-40-38-91-36-34-89-32-30-76(5)62(84)21-18-50-44-54(70)58(43-48(50)2)94-57-22-25-71-45-53(57)65(85)80-29-28-79(52-19-20-52)55-15-9-10-16-56(55)80/h9-12,15-17,22,24-25,43-45,49,51-52H,13-14,18-21,23,26-42,46-47H2,1-6H3,(H,73,83)/t49?,51-,69?/m0/s1. The minimum Gasteiger partial charge on any atom is -0.455 e. The third kappa shape index (κ3) is 17.1. The van der Waals surface area contributed by atoms with Crippen LogP contribution >= 0.6 is 11.6 Å². The topological polar surface area (TPSA) is 240 Å². The molecular formula is C69H87ClN12O12. The fraction of sp³-hybridized carbons (Fsp3) is 0.522. The van der Waals surface area contributed by atoms with Crippen LogP contribution in [0.4, 0.5) is 17.3 Å². The number of amides is 3. The van der Waals surface area contributed by atoms with Gasteiger partial charge in [0.2, 0.25) is 17.8 Å². The number of aromatic nitrogens is 5. The molecular weight excluding hydrogens is 1220 g/mol. The first-order chi connectivity index (χ1) is 45.6. The maximum absolute atomic E-state index is 14.3. The van der Waals surface area contributed by atoms with Crippen molar-refractivity contribution in [1.29, 1.82) is 0 Å². The Balaban J connectivity index is 0.534. The van der Waals surface area contributed by atoms with E-state index >= 15 is 0 Å². The van der Waals surface area contributed by atoms with Gasteiger partial charge in [-0.15, -0.1) is 5.92 Å². The van der Waals surface area contributed by atoms with Crippen LogP contribution in [0.3, 0.4) is 0 Å². The van der Waals surface area contributed by atoms with Crippen LogP contribution < -0.4 is 36.0 Å². The van der Waals surface area contributed by atoms with Gasteiger partial charge in [-0.3, -0.25) is 42.9 Å². The second-order valence-corrected chi connectivity index (χ2v) is 24.6. The number of aliphatic imine (C=N–C) groups is 2. The summed E-state index contributed by atoms with van der Waals surface area (Å²) in [6.45, 7) is 15.2. The second kappa shape index (κ2) is 32.9. The lowest BCUT2D eigenvalue weighted by Gasteiger charge is -2.38. The number of aryl methyl sites for hydroxylation is 3. The van der Waals surface area contributed by atoms with E-state index in [2.05, 4.69) is 46.1 Å². The zero-order valence-electron chi connectivity index (χ0n) is 54.8. The van der Waals surface area contributed by atoms with E-state index in [1.165, 1.54) is 22.0 Å². The molecule has 2 aliphatic carbocycles. The van der Waals surface area contributed by atoms with Crippen molar-refractivity contribution in [3.05, 3.63) is 122 Å². The van der Waals surface area contributed by atoms with Gasteiger partial charge in [0.15, 0.2) is 11.2 Å². The van der Waals surface area contributed by atoms with Crippen molar-refractivity contribution >= 4 is 69.4 Å². The molecule has 6 heterocycles. The summed E-state index contributed by atoms with van der Waals surface area (Å²) in [5.41, 5.74) is 4.10. The van der Waals surface area contributed by atoms with E-state index in [-0.39, 0.29) is 72.5 Å². The first-order valence-electron chi connectivity index (χ1n) is 32.6. The Morgan fingerprint density at radius 2 is 1.52 bits per heavy atom. The normalized spacial score (nSPS) is 18.3. The van der Waals surface area contributed by atoms with Crippen LogP contribution in [0, 0.1) is 24.2 Å². The summed E-state index contributed by atoms with van der Waals surface area (Å²) in [7, 11) is 3.37. The maximum Gasteiger partial charge on any atom is 0.332 e. The number of allylic oxidation sites excluding steroid dienone is 3. The first-order valence-corrected chi connectivity index (χ1v) is 33.0. The number of anilines is 3. The lowest BCUT2D eigenvalue weighted by Crippen LogP contribution is -2.48. The van der Waals surface area contributed by atoms with Crippen LogP contribution in [0.25, 0.3) is 11.2 Å². The first kappa shape index (κ1) is 68.8. The number of fused-ring (bicyclic) bond motifs is 3. The number of para-hydroxylation sites is 2. The molecule has 3 aromatic heterocycles. The van der Waals surface area contributed by atoms with Gasteiger partial charge in [0.25, 0.3) is 11.5 Å². The van der Waals surface area contributed by atoms with Crippen molar-refractivity contribution in [3.8, 4) is 23.3 Å². The number of pyridine rings is 1. The number of carbonyl (C=O) groups excluding carboxylic acids is 3. The Morgan fingerprint density at radius 3 is 2.22 bits per heavy atom. The van der Waals surface area contributed by atoms with Crippen LogP contribution in [0.2, 0.25) is 5.02 Å². The minimum atomic E-state index is -0.519. The summed E-state index contributed by atoms with van der Waals surface area (Å²) < 4.78 is 44.6. The van der Waals surface area contributed by atoms with E-state index in [1.54, 1.807) is 53.8 Å². The quantitative estimate of drug-likeness (QED) is 0.0338. The number of benzene rings is 2. The van der Waals surface area contributed by atoms with E-state index in [0.29, 0.717) is 152 Å². The summed E-state index contributed by atoms with van der Waals surface area (Å²) in [6.07, 6.45) is 15.9. The molecule has 3 amide bonds. The summed E-state index contributed by atoms with van der Waals surface area (Å²) >= 11 is 6.79. The highest BCUT2D eigenvalue weighted by atomic mass is 35.5. The second-order valence-electron chi connectivity index (χ2n) is 24.2. The van der Waals surface area contributed by atoms with Crippen molar-refractivity contribution in [1.82, 2.24) is 33.9 Å². The molecule has 2 fully saturated rings. The van der Waals surface area contributed by atoms with Crippen LogP contribution in [-0.4, -0.2) is 195 Å². The van der Waals surface area contributed by atoms with Gasteiger partial charge in [0.05, 0.1) is 126 Å². The lowest BCUT2D eigenvalue weighted by molar-refractivity contribution is -0.130. The van der Waals surface area contributed by atoms with Crippen molar-refractivity contribution in [2.45, 2.75) is 104 Å². The highest BCUT2D eigenvalue weighted by Gasteiger charge is 2.39. The molecule has 5 aromatic rings. The van der Waals surface area contributed by atoms with Crippen LogP contribution in [0.15, 0.2) is 98.7 Å². The van der Waals surface area contributed by atoms with Crippen molar-refractivity contribution in [2.75, 3.05) is 134 Å². The Morgan fingerprint density at radius 1 is 0.830 bits per heavy atom. The molecule has 94 heavy (non-hydrogen) atoms. The molecule has 24 nitrogen and oxygen atoms in total. The lowest BCUT2D eigenvalue weighted by atomic mass is 9.75. The van der Waals surface area contributed by atoms with Gasteiger partial charge in [0.1, 0.15) is 22.9 Å². The molecule has 1 N–H and O–H groups in total. The summed E-state index contributed by atoms with van der Waals surface area (Å²) in [5, 5.41) is 3.52. The number of hydrogen-bond acceptors (Lipinski definition) is 18. The summed E-state index contributed by atoms with van der Waals surface area (Å²) in [4.78, 5) is 95.0. The zero-order chi connectivity index (χ0) is 66.1. The van der Waals surface area contributed by atoms with Crippen molar-refractivity contribution in [3.63, 3.8) is 0 Å². The number of carbonyl (C=O) groups is 3. The number of ether oxygens (including phenoxy) is 7. The predicted molar refractivity (Wildman–Crippen MR) is 361 cm³/mol. The van der Waals surface area contributed by atoms with Crippen LogP contribution in [0.1, 0.15) is 80.8 Å². The Bertz CT molecular complexity index is 3830. The maximum atomic E-state index is 14.3. The van der Waals surface area contributed by atoms with Gasteiger partial charge in [0, 0.05) is 84.1 Å². The molecule has 1 saturated heterocycles.